The van der Waals surface area contributed by atoms with E-state index in [4.69, 9.17) is 11.6 Å². The Morgan fingerprint density at radius 3 is 2.58 bits per heavy atom. The van der Waals surface area contributed by atoms with E-state index in [1.807, 2.05) is 42.9 Å². The van der Waals surface area contributed by atoms with Gasteiger partial charge in [0, 0.05) is 30.2 Å². The van der Waals surface area contributed by atoms with Crippen LogP contribution in [-0.4, -0.2) is 9.97 Å². The van der Waals surface area contributed by atoms with Crippen LogP contribution in [0.2, 0.25) is 5.02 Å². The van der Waals surface area contributed by atoms with Gasteiger partial charge in [0.15, 0.2) is 0 Å². The zero-order chi connectivity index (χ0) is 16.8. The smallest absolute Gasteiger partial charge is 0.0576 e. The number of nitrogens with zero attached hydrogens (tertiary/aromatic N) is 2. The largest absolute Gasteiger partial charge is 0.304 e. The van der Waals surface area contributed by atoms with Crippen LogP contribution in [0.5, 0.6) is 0 Å². The van der Waals surface area contributed by atoms with Crippen molar-refractivity contribution in [2.75, 3.05) is 0 Å². The molecule has 3 rings (SSSR count). The molecule has 0 saturated heterocycles. The molecule has 1 N–H and O–H groups in total. The minimum atomic E-state index is 0.132. The van der Waals surface area contributed by atoms with Gasteiger partial charge in [0.2, 0.25) is 0 Å². The molecule has 1 aromatic carbocycles. The molecule has 3 nitrogen and oxygen atoms in total. The normalized spacial score (nSPS) is 12.1. The molecule has 0 bridgehead atoms. The second-order valence-corrected chi connectivity index (χ2v) is 6.33. The van der Waals surface area contributed by atoms with Crippen molar-refractivity contribution in [3.05, 3.63) is 94.5 Å². The first-order valence-corrected chi connectivity index (χ1v) is 8.38. The van der Waals surface area contributed by atoms with Crippen LogP contribution in [0, 0.1) is 6.92 Å². The molecule has 0 spiro atoms. The highest BCUT2D eigenvalue weighted by Gasteiger charge is 2.13. The third-order valence-electron chi connectivity index (χ3n) is 3.88. The highest BCUT2D eigenvalue weighted by atomic mass is 35.5. The quantitative estimate of drug-likeness (QED) is 0.719. The molecule has 122 valence electrons. The first-order chi connectivity index (χ1) is 11.7. The zero-order valence-electron chi connectivity index (χ0n) is 13.6. The fourth-order valence-corrected chi connectivity index (χ4v) is 2.80. The summed E-state index contributed by atoms with van der Waals surface area (Å²) in [4.78, 5) is 8.78. The first kappa shape index (κ1) is 16.6. The summed E-state index contributed by atoms with van der Waals surface area (Å²) >= 11 is 5.99. The second-order valence-electron chi connectivity index (χ2n) is 5.89. The Balaban J connectivity index is 1.76. The third kappa shape index (κ3) is 4.63. The van der Waals surface area contributed by atoms with Crippen molar-refractivity contribution in [1.29, 1.82) is 0 Å². The summed E-state index contributed by atoms with van der Waals surface area (Å²) < 4.78 is 0. The minimum absolute atomic E-state index is 0.132. The van der Waals surface area contributed by atoms with E-state index in [0.717, 1.165) is 23.7 Å². The molecule has 2 heterocycles. The van der Waals surface area contributed by atoms with Gasteiger partial charge in [-0.1, -0.05) is 35.9 Å². The average molecular weight is 338 g/mol. The minimum Gasteiger partial charge on any atom is -0.304 e. The lowest BCUT2D eigenvalue weighted by Crippen LogP contribution is -2.24. The van der Waals surface area contributed by atoms with Gasteiger partial charge >= 0.3 is 0 Å². The molecule has 0 radical (unpaired) electrons. The molecule has 1 atom stereocenters. The highest BCUT2D eigenvalue weighted by Crippen LogP contribution is 2.19. The van der Waals surface area contributed by atoms with E-state index in [2.05, 4.69) is 46.5 Å². The van der Waals surface area contributed by atoms with Crippen LogP contribution in [0.15, 0.2) is 67.1 Å². The van der Waals surface area contributed by atoms with Crippen molar-refractivity contribution in [3.8, 4) is 0 Å². The van der Waals surface area contributed by atoms with Gasteiger partial charge in [0.1, 0.15) is 0 Å². The number of pyridine rings is 2. The van der Waals surface area contributed by atoms with E-state index >= 15 is 0 Å². The molecule has 24 heavy (non-hydrogen) atoms. The maximum atomic E-state index is 5.99. The molecule has 0 amide bonds. The van der Waals surface area contributed by atoms with Crippen molar-refractivity contribution in [2.24, 2.45) is 0 Å². The number of aromatic nitrogens is 2. The number of nitrogens with one attached hydrogen (secondary N) is 1. The van der Waals surface area contributed by atoms with Gasteiger partial charge in [0.05, 0.1) is 11.7 Å². The molecule has 0 aliphatic carbocycles. The molecule has 0 saturated carbocycles. The number of rotatable bonds is 6. The Bertz CT molecular complexity index is 772. The average Bonchev–Trinajstić information content (AvgIpc) is 2.61. The second kappa shape index (κ2) is 8.04. The van der Waals surface area contributed by atoms with Crippen molar-refractivity contribution in [3.63, 3.8) is 0 Å². The summed E-state index contributed by atoms with van der Waals surface area (Å²) in [5, 5.41) is 4.36. The summed E-state index contributed by atoms with van der Waals surface area (Å²) in [5.74, 6) is 0. The molecular weight excluding hydrogens is 318 g/mol. The van der Waals surface area contributed by atoms with Crippen molar-refractivity contribution in [2.45, 2.75) is 25.9 Å². The third-order valence-corrected chi connectivity index (χ3v) is 4.13. The van der Waals surface area contributed by atoms with Crippen LogP contribution < -0.4 is 5.32 Å². The lowest BCUT2D eigenvalue weighted by Gasteiger charge is -2.19. The fourth-order valence-electron chi connectivity index (χ4n) is 2.67. The molecule has 2 aromatic heterocycles. The van der Waals surface area contributed by atoms with Crippen molar-refractivity contribution >= 4 is 11.6 Å². The highest BCUT2D eigenvalue weighted by molar-refractivity contribution is 6.30. The molecular formula is C20H20ClN3. The van der Waals surface area contributed by atoms with Crippen molar-refractivity contribution in [1.82, 2.24) is 15.3 Å². The topological polar surface area (TPSA) is 37.8 Å². The van der Waals surface area contributed by atoms with Crippen LogP contribution in [0.25, 0.3) is 0 Å². The molecule has 0 aliphatic heterocycles. The molecule has 0 unspecified atom stereocenters. The summed E-state index contributed by atoms with van der Waals surface area (Å²) in [6.07, 6.45) is 6.46. The van der Waals surface area contributed by atoms with Gasteiger partial charge in [0.25, 0.3) is 0 Å². The van der Waals surface area contributed by atoms with Crippen LogP contribution in [0.1, 0.15) is 28.4 Å². The van der Waals surface area contributed by atoms with Gasteiger partial charge in [-0.15, -0.1) is 0 Å². The predicted molar refractivity (Wildman–Crippen MR) is 97.9 cm³/mol. The zero-order valence-corrected chi connectivity index (χ0v) is 14.4. The lowest BCUT2D eigenvalue weighted by molar-refractivity contribution is 0.518. The van der Waals surface area contributed by atoms with Crippen LogP contribution in [-0.2, 0) is 13.0 Å². The van der Waals surface area contributed by atoms with Gasteiger partial charge in [-0.2, -0.15) is 0 Å². The predicted octanol–water partition coefficient (Wildman–Crippen LogP) is 4.51. The van der Waals surface area contributed by atoms with E-state index in [0.29, 0.717) is 0 Å². The number of aryl methyl sites for hydroxylation is 1. The number of hydrogen-bond acceptors (Lipinski definition) is 3. The summed E-state index contributed by atoms with van der Waals surface area (Å²) in [7, 11) is 0. The van der Waals surface area contributed by atoms with E-state index in [1.54, 1.807) is 0 Å². The molecule has 0 aliphatic rings. The van der Waals surface area contributed by atoms with E-state index in [-0.39, 0.29) is 6.04 Å². The van der Waals surface area contributed by atoms with Crippen LogP contribution in [0.3, 0.4) is 0 Å². The van der Waals surface area contributed by atoms with Crippen molar-refractivity contribution < 1.29 is 0 Å². The summed E-state index contributed by atoms with van der Waals surface area (Å²) in [5.41, 5.74) is 4.60. The van der Waals surface area contributed by atoms with E-state index in [1.165, 1.54) is 16.7 Å². The Morgan fingerprint density at radius 2 is 1.88 bits per heavy atom. The van der Waals surface area contributed by atoms with Gasteiger partial charge < -0.3 is 5.32 Å². The summed E-state index contributed by atoms with van der Waals surface area (Å²) in [6, 6.07) is 16.3. The Labute approximate surface area is 147 Å². The number of hydrogen-bond donors (Lipinski definition) is 1. The van der Waals surface area contributed by atoms with Gasteiger partial charge in [-0.25, -0.2) is 0 Å². The van der Waals surface area contributed by atoms with Crippen LogP contribution >= 0.6 is 11.6 Å². The SMILES string of the molecule is Cc1cncc(CN[C@@H](Cc2ccc(Cl)cc2)c2ccccn2)c1. The maximum Gasteiger partial charge on any atom is 0.0576 e. The Kier molecular flexibility index (Phi) is 5.57. The van der Waals surface area contributed by atoms with Gasteiger partial charge in [-0.3, -0.25) is 9.97 Å². The number of halogens is 1. The standard InChI is InChI=1S/C20H20ClN3/c1-15-10-17(13-22-12-15)14-24-20(19-4-2-3-9-23-19)11-16-5-7-18(21)8-6-16/h2-10,12-13,20,24H,11,14H2,1H3/t20-/m0/s1. The lowest BCUT2D eigenvalue weighted by atomic mass is 10.0. The Hall–Kier alpha value is -2.23. The fraction of sp³-hybridized carbons (Fsp3) is 0.200. The van der Waals surface area contributed by atoms with Crippen LogP contribution in [0.4, 0.5) is 0 Å². The van der Waals surface area contributed by atoms with E-state index < -0.39 is 0 Å². The van der Waals surface area contributed by atoms with Gasteiger partial charge in [-0.05, 0) is 54.3 Å². The summed E-state index contributed by atoms with van der Waals surface area (Å²) in [6.45, 7) is 2.81. The molecule has 3 aromatic rings. The Morgan fingerprint density at radius 1 is 1.04 bits per heavy atom. The first-order valence-electron chi connectivity index (χ1n) is 8.00. The monoisotopic (exact) mass is 337 g/mol. The number of benzene rings is 1. The maximum absolute atomic E-state index is 5.99. The van der Waals surface area contributed by atoms with E-state index in [9.17, 15) is 0 Å². The molecule has 0 fully saturated rings. The molecule has 4 heteroatoms.